The number of thiophene rings is 1. The third-order valence-corrected chi connectivity index (χ3v) is 4.47. The molecule has 8 heteroatoms. The van der Waals surface area contributed by atoms with Gasteiger partial charge in [0.2, 0.25) is 0 Å². The first kappa shape index (κ1) is 14.0. The monoisotopic (exact) mass is 314 g/mol. The quantitative estimate of drug-likeness (QED) is 0.927. The van der Waals surface area contributed by atoms with E-state index < -0.39 is 0 Å². The Hall–Kier alpha value is -0.990. The summed E-state index contributed by atoms with van der Waals surface area (Å²) >= 11 is 7.52. The highest BCUT2D eigenvalue weighted by atomic mass is 35.5. The molecule has 2 aromatic heterocycles. The number of morpholine rings is 1. The van der Waals surface area contributed by atoms with Crippen LogP contribution < -0.4 is 5.73 Å². The van der Waals surface area contributed by atoms with Crippen molar-refractivity contribution < 1.29 is 9.26 Å². The first-order valence-corrected chi connectivity index (χ1v) is 7.62. The number of hydrogen-bond donors (Lipinski definition) is 1. The summed E-state index contributed by atoms with van der Waals surface area (Å²) in [5, 5.41) is 6.46. The van der Waals surface area contributed by atoms with Gasteiger partial charge in [-0.2, -0.15) is 4.98 Å². The standard InChI is InChI=1S/C12H15ClN4O2S/c13-8-1-6-20-10(8)12-15-11(16-19-12)9(14)7-17-2-4-18-5-3-17/h1,6,9H,2-5,7,14H2. The summed E-state index contributed by atoms with van der Waals surface area (Å²) < 4.78 is 10.5. The van der Waals surface area contributed by atoms with Crippen molar-refractivity contribution >= 4 is 22.9 Å². The highest BCUT2D eigenvalue weighted by molar-refractivity contribution is 7.14. The summed E-state index contributed by atoms with van der Waals surface area (Å²) in [6.07, 6.45) is 0. The fourth-order valence-corrected chi connectivity index (χ4v) is 3.12. The lowest BCUT2D eigenvalue weighted by molar-refractivity contribution is 0.0348. The van der Waals surface area contributed by atoms with Gasteiger partial charge in [-0.3, -0.25) is 4.90 Å². The molecule has 20 heavy (non-hydrogen) atoms. The van der Waals surface area contributed by atoms with Gasteiger partial charge in [-0.05, 0) is 11.4 Å². The molecule has 0 spiro atoms. The number of rotatable bonds is 4. The van der Waals surface area contributed by atoms with Crippen molar-refractivity contribution in [2.45, 2.75) is 6.04 Å². The summed E-state index contributed by atoms with van der Waals surface area (Å²) in [7, 11) is 0. The molecule has 1 aliphatic rings. The molecule has 0 aromatic carbocycles. The van der Waals surface area contributed by atoms with Crippen LogP contribution in [0.5, 0.6) is 0 Å². The van der Waals surface area contributed by atoms with E-state index in [1.165, 1.54) is 11.3 Å². The Morgan fingerprint density at radius 2 is 2.25 bits per heavy atom. The van der Waals surface area contributed by atoms with Crippen molar-refractivity contribution in [3.05, 3.63) is 22.3 Å². The van der Waals surface area contributed by atoms with E-state index in [4.69, 9.17) is 26.6 Å². The predicted octanol–water partition coefficient (Wildman–Crippen LogP) is 1.78. The number of halogens is 1. The second-order valence-electron chi connectivity index (χ2n) is 4.57. The molecule has 0 bridgehead atoms. The summed E-state index contributed by atoms with van der Waals surface area (Å²) in [4.78, 5) is 7.36. The molecule has 1 fully saturated rings. The number of ether oxygens (including phenoxy) is 1. The van der Waals surface area contributed by atoms with Crippen LogP contribution in [-0.2, 0) is 4.74 Å². The van der Waals surface area contributed by atoms with Crippen molar-refractivity contribution in [2.75, 3.05) is 32.8 Å². The van der Waals surface area contributed by atoms with Crippen LogP contribution in [0.25, 0.3) is 10.8 Å². The van der Waals surface area contributed by atoms with Crippen LogP contribution in [0, 0.1) is 0 Å². The van der Waals surface area contributed by atoms with Crippen LogP contribution in [0.2, 0.25) is 5.02 Å². The van der Waals surface area contributed by atoms with Gasteiger partial charge in [-0.1, -0.05) is 16.8 Å². The van der Waals surface area contributed by atoms with Crippen molar-refractivity contribution in [2.24, 2.45) is 5.73 Å². The summed E-state index contributed by atoms with van der Waals surface area (Å²) in [5.41, 5.74) is 6.13. The Morgan fingerprint density at radius 3 is 2.95 bits per heavy atom. The molecule has 1 saturated heterocycles. The third-order valence-electron chi connectivity index (χ3n) is 3.14. The van der Waals surface area contributed by atoms with Gasteiger partial charge < -0.3 is 15.0 Å². The average Bonchev–Trinajstić information content (AvgIpc) is 3.08. The largest absolute Gasteiger partial charge is 0.379 e. The molecule has 1 unspecified atom stereocenters. The van der Waals surface area contributed by atoms with Crippen molar-refractivity contribution in [1.29, 1.82) is 0 Å². The summed E-state index contributed by atoms with van der Waals surface area (Å²) in [6, 6.07) is 1.53. The van der Waals surface area contributed by atoms with E-state index in [9.17, 15) is 0 Å². The molecular formula is C12H15ClN4O2S. The first-order chi connectivity index (χ1) is 9.74. The number of nitrogens with zero attached hydrogens (tertiary/aromatic N) is 3. The second kappa shape index (κ2) is 6.19. The minimum atomic E-state index is -0.274. The van der Waals surface area contributed by atoms with E-state index in [0.717, 1.165) is 31.2 Å². The Balaban J connectivity index is 1.68. The molecule has 1 atom stereocenters. The molecule has 6 nitrogen and oxygen atoms in total. The molecule has 3 rings (SSSR count). The van der Waals surface area contributed by atoms with E-state index >= 15 is 0 Å². The third kappa shape index (κ3) is 3.02. The predicted molar refractivity (Wildman–Crippen MR) is 76.8 cm³/mol. The Bertz CT molecular complexity index is 567. The molecule has 2 aromatic rings. The topological polar surface area (TPSA) is 77.4 Å². The highest BCUT2D eigenvalue weighted by Crippen LogP contribution is 2.32. The van der Waals surface area contributed by atoms with E-state index in [1.807, 2.05) is 5.38 Å². The zero-order chi connectivity index (χ0) is 13.9. The maximum atomic E-state index is 6.13. The van der Waals surface area contributed by atoms with Gasteiger partial charge in [0.25, 0.3) is 5.89 Å². The van der Waals surface area contributed by atoms with Crippen molar-refractivity contribution in [3.63, 3.8) is 0 Å². The zero-order valence-electron chi connectivity index (χ0n) is 10.8. The number of aromatic nitrogens is 2. The van der Waals surface area contributed by atoms with Crippen LogP contribution in [-0.4, -0.2) is 47.9 Å². The minimum absolute atomic E-state index is 0.274. The normalized spacial score (nSPS) is 18.3. The maximum Gasteiger partial charge on any atom is 0.269 e. The lowest BCUT2D eigenvalue weighted by atomic mass is 10.2. The summed E-state index contributed by atoms with van der Waals surface area (Å²) in [6.45, 7) is 3.95. The molecule has 3 heterocycles. The lowest BCUT2D eigenvalue weighted by Gasteiger charge is -2.27. The molecule has 1 aliphatic heterocycles. The van der Waals surface area contributed by atoms with E-state index in [2.05, 4.69) is 15.0 Å². The van der Waals surface area contributed by atoms with E-state index in [-0.39, 0.29) is 6.04 Å². The highest BCUT2D eigenvalue weighted by Gasteiger charge is 2.21. The smallest absolute Gasteiger partial charge is 0.269 e. The lowest BCUT2D eigenvalue weighted by Crippen LogP contribution is -2.40. The van der Waals surface area contributed by atoms with Crippen LogP contribution in [0.3, 0.4) is 0 Å². The van der Waals surface area contributed by atoms with Gasteiger partial charge >= 0.3 is 0 Å². The fourth-order valence-electron chi connectivity index (χ4n) is 2.07. The molecule has 0 radical (unpaired) electrons. The molecule has 0 saturated carbocycles. The van der Waals surface area contributed by atoms with Gasteiger partial charge in [-0.25, -0.2) is 0 Å². The minimum Gasteiger partial charge on any atom is -0.379 e. The molecule has 0 amide bonds. The summed E-state index contributed by atoms with van der Waals surface area (Å²) in [5.74, 6) is 0.938. The Morgan fingerprint density at radius 1 is 1.45 bits per heavy atom. The van der Waals surface area contributed by atoms with Crippen LogP contribution in [0.4, 0.5) is 0 Å². The van der Waals surface area contributed by atoms with Crippen LogP contribution in [0.15, 0.2) is 16.0 Å². The fraction of sp³-hybridized carbons (Fsp3) is 0.500. The van der Waals surface area contributed by atoms with E-state index in [1.54, 1.807) is 6.07 Å². The average molecular weight is 315 g/mol. The number of hydrogen-bond acceptors (Lipinski definition) is 7. The zero-order valence-corrected chi connectivity index (χ0v) is 12.4. The second-order valence-corrected chi connectivity index (χ2v) is 5.90. The maximum absolute atomic E-state index is 6.13. The molecule has 0 aliphatic carbocycles. The Labute approximate surface area is 125 Å². The van der Waals surface area contributed by atoms with Gasteiger partial charge in [0.1, 0.15) is 4.88 Å². The van der Waals surface area contributed by atoms with Gasteiger partial charge in [0.15, 0.2) is 5.82 Å². The first-order valence-electron chi connectivity index (χ1n) is 6.36. The SMILES string of the molecule is NC(CN1CCOCC1)c1noc(-c2sccc2Cl)n1. The molecular weight excluding hydrogens is 300 g/mol. The van der Waals surface area contributed by atoms with Crippen molar-refractivity contribution in [3.8, 4) is 10.8 Å². The Kier molecular flexibility index (Phi) is 4.32. The van der Waals surface area contributed by atoms with Gasteiger partial charge in [-0.15, -0.1) is 11.3 Å². The number of nitrogens with two attached hydrogens (primary N) is 1. The van der Waals surface area contributed by atoms with Gasteiger partial charge in [0, 0.05) is 19.6 Å². The van der Waals surface area contributed by atoms with Gasteiger partial charge in [0.05, 0.1) is 24.3 Å². The van der Waals surface area contributed by atoms with E-state index in [0.29, 0.717) is 23.3 Å². The van der Waals surface area contributed by atoms with Crippen LogP contribution in [0.1, 0.15) is 11.9 Å². The van der Waals surface area contributed by atoms with Crippen molar-refractivity contribution in [1.82, 2.24) is 15.0 Å². The molecule has 2 N–H and O–H groups in total. The van der Waals surface area contributed by atoms with Crippen LogP contribution >= 0.6 is 22.9 Å². The molecule has 108 valence electrons.